The Kier molecular flexibility index (Phi) is 12.5. The molecule has 254 valence electrons. The van der Waals surface area contributed by atoms with Gasteiger partial charge >= 0.3 is 5.97 Å². The molecule has 4 aromatic rings. The maximum Gasteiger partial charge on any atom is 0.326 e. The van der Waals surface area contributed by atoms with Gasteiger partial charge in [-0.05, 0) is 79.3 Å². The number of carbonyl (C=O) groups is 4. The minimum absolute atomic E-state index is 0.0122. The zero-order chi connectivity index (χ0) is 34.6. The van der Waals surface area contributed by atoms with E-state index in [9.17, 15) is 34.5 Å². The summed E-state index contributed by atoms with van der Waals surface area (Å²) in [7, 11) is 0. The van der Waals surface area contributed by atoms with Crippen molar-refractivity contribution in [1.29, 1.82) is 0 Å². The first kappa shape index (κ1) is 35.5. The van der Waals surface area contributed by atoms with Crippen molar-refractivity contribution in [3.8, 4) is 11.5 Å². The molecular formula is C35H42N6O7. The quantitative estimate of drug-likeness (QED) is 0.0749. The highest BCUT2D eigenvalue weighted by Gasteiger charge is 2.31. The zero-order valence-electron chi connectivity index (χ0n) is 26.4. The topological polar surface area (TPSA) is 233 Å². The third-order valence-electron chi connectivity index (χ3n) is 8.03. The van der Waals surface area contributed by atoms with Crippen molar-refractivity contribution in [3.05, 3.63) is 95.7 Å². The fourth-order valence-electron chi connectivity index (χ4n) is 5.36. The minimum Gasteiger partial charge on any atom is -0.508 e. The molecule has 11 N–H and O–H groups in total. The predicted molar refractivity (Wildman–Crippen MR) is 180 cm³/mol. The van der Waals surface area contributed by atoms with Crippen LogP contribution in [-0.2, 0) is 38.4 Å². The third-order valence-corrected chi connectivity index (χ3v) is 8.03. The number of phenolic OH excluding ortho intramolecular Hbond substituents is 2. The smallest absolute Gasteiger partial charge is 0.326 e. The Hall–Kier alpha value is -5.40. The molecule has 1 heterocycles. The molecule has 0 saturated carbocycles. The van der Waals surface area contributed by atoms with Crippen molar-refractivity contribution in [2.75, 3.05) is 6.54 Å². The molecule has 0 aliphatic heterocycles. The molecule has 0 radical (unpaired) electrons. The summed E-state index contributed by atoms with van der Waals surface area (Å²) < 4.78 is 0. The number of amides is 3. The first-order chi connectivity index (χ1) is 23.0. The fraction of sp³-hybridized carbons (Fsp3) is 0.314. The molecule has 0 spiro atoms. The van der Waals surface area contributed by atoms with E-state index in [4.69, 9.17) is 11.5 Å². The van der Waals surface area contributed by atoms with E-state index in [1.54, 1.807) is 30.5 Å². The van der Waals surface area contributed by atoms with Crippen molar-refractivity contribution < 1.29 is 34.5 Å². The Morgan fingerprint density at radius 3 is 1.88 bits per heavy atom. The van der Waals surface area contributed by atoms with Crippen LogP contribution >= 0.6 is 0 Å². The number of rotatable bonds is 17. The van der Waals surface area contributed by atoms with E-state index in [1.807, 2.05) is 24.3 Å². The highest BCUT2D eigenvalue weighted by atomic mass is 16.4. The number of hydrogen-bond acceptors (Lipinski definition) is 8. The largest absolute Gasteiger partial charge is 0.508 e. The Bertz CT molecular complexity index is 1690. The van der Waals surface area contributed by atoms with E-state index < -0.39 is 47.9 Å². The number of aromatic amines is 1. The SMILES string of the molecule is NCCCC[C@H](NC(=O)[C@@H](N)Cc1ccc(O)cc1)C(=O)N[C@@H](Cc1ccc(O)cc1)C(=O)N[C@@H](Cc1c[nH]c2ccccc12)C(=O)O. The third kappa shape index (κ3) is 10.0. The van der Waals surface area contributed by atoms with Gasteiger partial charge in [0.2, 0.25) is 17.7 Å². The molecule has 3 amide bonds. The zero-order valence-corrected chi connectivity index (χ0v) is 26.4. The number of nitrogens with two attached hydrogens (primary N) is 2. The molecule has 0 saturated heterocycles. The number of aliphatic carboxylic acids is 1. The molecule has 0 fully saturated rings. The van der Waals surface area contributed by atoms with E-state index >= 15 is 0 Å². The van der Waals surface area contributed by atoms with Crippen LogP contribution in [0.4, 0.5) is 0 Å². The van der Waals surface area contributed by atoms with Crippen molar-refractivity contribution in [3.63, 3.8) is 0 Å². The number of aromatic hydroxyl groups is 2. The van der Waals surface area contributed by atoms with E-state index in [0.29, 0.717) is 36.1 Å². The second kappa shape index (κ2) is 17.0. The lowest BCUT2D eigenvalue weighted by atomic mass is 10.0. The van der Waals surface area contributed by atoms with Gasteiger partial charge in [-0.25, -0.2) is 4.79 Å². The molecular weight excluding hydrogens is 616 g/mol. The molecule has 0 aliphatic rings. The number of H-pyrrole nitrogens is 1. The van der Waals surface area contributed by atoms with Gasteiger partial charge in [0, 0.05) is 29.9 Å². The van der Waals surface area contributed by atoms with Gasteiger partial charge in [0.05, 0.1) is 6.04 Å². The average Bonchev–Trinajstić information content (AvgIpc) is 3.48. The minimum atomic E-state index is -1.31. The van der Waals surface area contributed by atoms with Crippen molar-refractivity contribution in [1.82, 2.24) is 20.9 Å². The lowest BCUT2D eigenvalue weighted by molar-refractivity contribution is -0.142. The number of unbranched alkanes of at least 4 members (excludes halogenated alkanes) is 1. The number of aromatic nitrogens is 1. The Morgan fingerprint density at radius 1 is 0.688 bits per heavy atom. The standard InChI is InChI=1S/C35H42N6O7/c36-16-4-3-7-29(39-32(44)27(37)17-21-8-12-24(42)13-9-21)33(45)40-30(18-22-10-14-25(43)15-11-22)34(46)41-31(35(47)48)19-23-20-38-28-6-2-1-5-26(23)28/h1-2,5-6,8-15,20,27,29-31,38,42-43H,3-4,7,16-19,36-37H2,(H,39,44)(H,40,45)(H,41,46)(H,47,48)/t27-,29-,30-,31-/m0/s1. The van der Waals surface area contributed by atoms with Crippen LogP contribution in [0.15, 0.2) is 79.0 Å². The fourth-order valence-corrected chi connectivity index (χ4v) is 5.36. The number of carboxylic acids is 1. The molecule has 1 aromatic heterocycles. The summed E-state index contributed by atoms with van der Waals surface area (Å²) in [5.74, 6) is -3.14. The van der Waals surface area contributed by atoms with Gasteiger partial charge in [0.15, 0.2) is 0 Å². The summed E-state index contributed by atoms with van der Waals surface area (Å²) in [6, 6.07) is 15.1. The molecule has 4 atom stereocenters. The summed E-state index contributed by atoms with van der Waals surface area (Å²) in [4.78, 5) is 55.9. The maximum atomic E-state index is 13.7. The second-order valence-electron chi connectivity index (χ2n) is 11.7. The number of carbonyl (C=O) groups excluding carboxylic acids is 3. The Morgan fingerprint density at radius 2 is 1.25 bits per heavy atom. The summed E-state index contributed by atoms with van der Waals surface area (Å²) in [6.45, 7) is 0.377. The first-order valence-electron chi connectivity index (χ1n) is 15.7. The molecule has 0 aliphatic carbocycles. The number of hydrogen-bond donors (Lipinski definition) is 9. The molecule has 48 heavy (non-hydrogen) atoms. The number of benzene rings is 3. The molecule has 3 aromatic carbocycles. The monoisotopic (exact) mass is 658 g/mol. The molecule has 13 nitrogen and oxygen atoms in total. The Labute approximate surface area is 277 Å². The molecule has 0 bridgehead atoms. The van der Waals surface area contributed by atoms with Gasteiger partial charge in [-0.3, -0.25) is 14.4 Å². The van der Waals surface area contributed by atoms with E-state index in [-0.39, 0.29) is 37.2 Å². The van der Waals surface area contributed by atoms with Gasteiger partial charge in [0.1, 0.15) is 29.6 Å². The lowest BCUT2D eigenvalue weighted by Crippen LogP contribution is -2.58. The summed E-state index contributed by atoms with van der Waals surface area (Å²) in [5.41, 5.74) is 14.6. The molecule has 13 heteroatoms. The van der Waals surface area contributed by atoms with Crippen LogP contribution in [0.3, 0.4) is 0 Å². The first-order valence-corrected chi connectivity index (χ1v) is 15.7. The van der Waals surface area contributed by atoms with Gasteiger partial charge in [0.25, 0.3) is 0 Å². The summed E-state index contributed by atoms with van der Waals surface area (Å²) in [5, 5.41) is 38.1. The summed E-state index contributed by atoms with van der Waals surface area (Å²) >= 11 is 0. The predicted octanol–water partition coefficient (Wildman–Crippen LogP) is 1.60. The van der Waals surface area contributed by atoms with Crippen LogP contribution in [0.5, 0.6) is 11.5 Å². The van der Waals surface area contributed by atoms with Crippen LogP contribution < -0.4 is 27.4 Å². The molecule has 0 unspecified atom stereocenters. The van der Waals surface area contributed by atoms with Crippen molar-refractivity contribution >= 4 is 34.6 Å². The van der Waals surface area contributed by atoms with E-state index in [0.717, 1.165) is 10.9 Å². The normalized spacial score (nSPS) is 13.6. The van der Waals surface area contributed by atoms with Crippen LogP contribution in [-0.4, -0.2) is 74.7 Å². The van der Waals surface area contributed by atoms with Crippen molar-refractivity contribution in [2.45, 2.75) is 62.7 Å². The van der Waals surface area contributed by atoms with Crippen LogP contribution in [0.2, 0.25) is 0 Å². The lowest BCUT2D eigenvalue weighted by Gasteiger charge is -2.25. The highest BCUT2D eigenvalue weighted by Crippen LogP contribution is 2.20. The van der Waals surface area contributed by atoms with Crippen LogP contribution in [0, 0.1) is 0 Å². The van der Waals surface area contributed by atoms with Crippen LogP contribution in [0.25, 0.3) is 10.9 Å². The number of para-hydroxylation sites is 1. The average molecular weight is 659 g/mol. The number of fused-ring (bicyclic) bond motifs is 1. The van der Waals surface area contributed by atoms with Crippen molar-refractivity contribution in [2.24, 2.45) is 11.5 Å². The van der Waals surface area contributed by atoms with Gasteiger partial charge in [-0.15, -0.1) is 0 Å². The van der Waals surface area contributed by atoms with Gasteiger partial charge in [-0.1, -0.05) is 42.5 Å². The highest BCUT2D eigenvalue weighted by molar-refractivity contribution is 5.94. The second-order valence-corrected chi connectivity index (χ2v) is 11.7. The number of carboxylic acid groups (broad SMARTS) is 1. The Balaban J connectivity index is 1.51. The maximum absolute atomic E-state index is 13.7. The number of nitrogens with one attached hydrogen (secondary N) is 4. The summed E-state index contributed by atoms with van der Waals surface area (Å²) in [6.07, 6.45) is 3.12. The molecule has 4 rings (SSSR count). The van der Waals surface area contributed by atoms with E-state index in [2.05, 4.69) is 20.9 Å². The van der Waals surface area contributed by atoms with Gasteiger partial charge in [-0.2, -0.15) is 0 Å². The number of phenols is 2. The van der Waals surface area contributed by atoms with Gasteiger partial charge < -0.3 is 47.7 Å². The van der Waals surface area contributed by atoms with E-state index in [1.165, 1.54) is 24.3 Å². The van der Waals surface area contributed by atoms with Crippen LogP contribution in [0.1, 0.15) is 36.0 Å².